The number of fused-ring (bicyclic) bond motifs is 1. The summed E-state index contributed by atoms with van der Waals surface area (Å²) < 4.78 is 22.2. The monoisotopic (exact) mass is 1780 g/mol. The molecule has 0 bridgehead atoms. The van der Waals surface area contributed by atoms with Gasteiger partial charge in [-0.25, -0.2) is 4.98 Å². The first kappa shape index (κ1) is 96.7. The van der Waals surface area contributed by atoms with Crippen molar-refractivity contribution >= 4 is 132 Å². The number of carboxylic acid groups (broad SMARTS) is 3. The number of carbonyl (C=O) groups excluding carboxylic acids is 14. The molecule has 1 aliphatic heterocycles. The largest absolute Gasteiger partial charge is 3.00 e. The van der Waals surface area contributed by atoms with E-state index in [0.29, 0.717) is 27.9 Å². The second-order valence-corrected chi connectivity index (χ2v) is 28.0. The Morgan fingerprint density at radius 2 is 1.02 bits per heavy atom. The molecule has 2 aromatic heterocycles. The molecule has 1 saturated heterocycles. The van der Waals surface area contributed by atoms with Crippen molar-refractivity contribution in [2.45, 2.75) is 122 Å². The Balaban J connectivity index is 0.0000319. The molecule has 1 aromatic carbocycles. The number of thioether (sulfide) groups is 1. The number of rotatable bonds is 52. The van der Waals surface area contributed by atoms with Crippen LogP contribution in [0.15, 0.2) is 43.0 Å². The normalized spacial score (nSPS) is 15.3. The molecular formula is C70H109BiN18O21S. The van der Waals surface area contributed by atoms with E-state index in [9.17, 15) is 82.4 Å². The van der Waals surface area contributed by atoms with E-state index in [-0.39, 0.29) is 201 Å². The summed E-state index contributed by atoms with van der Waals surface area (Å²) in [6.07, 6.45) is 5.64. The molecule has 4 rings (SSSR count). The van der Waals surface area contributed by atoms with Crippen molar-refractivity contribution in [1.29, 1.82) is 0 Å². The number of nitrogens with two attached hydrogens (primary N) is 2. The topological polar surface area (TPSA) is 563 Å². The van der Waals surface area contributed by atoms with Crippen molar-refractivity contribution in [2.24, 2.45) is 23.3 Å². The second-order valence-electron chi connectivity index (χ2n) is 27.0. The molecule has 0 aliphatic carbocycles. The summed E-state index contributed by atoms with van der Waals surface area (Å²) in [4.78, 5) is 198. The van der Waals surface area contributed by atoms with E-state index in [1.54, 1.807) is 59.0 Å². The van der Waals surface area contributed by atoms with Crippen LogP contribution >= 0.6 is 11.8 Å². The number of nitrogens with one attached hydrogen (secondary N) is 11. The Hall–Kier alpha value is -8.54. The smallest absolute Gasteiger partial charge is 0.549 e. The third-order valence-corrected chi connectivity index (χ3v) is 17.9. The summed E-state index contributed by atoms with van der Waals surface area (Å²) in [6, 6.07) is -1.67. The molecule has 0 spiro atoms. The maximum Gasteiger partial charge on any atom is 3.00 e. The van der Waals surface area contributed by atoms with Crippen LogP contribution in [0.3, 0.4) is 0 Å². The number of benzene rings is 1. The number of carboxylic acids is 3. The second kappa shape index (κ2) is 53.4. The number of aliphatic carboxylic acids is 3. The van der Waals surface area contributed by atoms with Crippen molar-refractivity contribution < 1.29 is 101 Å². The molecule has 39 nitrogen and oxygen atoms in total. The van der Waals surface area contributed by atoms with E-state index < -0.39 is 151 Å². The average Bonchev–Trinajstić information content (AvgIpc) is 1.68. The molecule has 0 saturated carbocycles. The number of nitrogens with zero attached hydrogens (tertiary/aromatic N) is 5. The van der Waals surface area contributed by atoms with Gasteiger partial charge in [-0.3, -0.25) is 72.3 Å². The van der Waals surface area contributed by atoms with E-state index in [1.807, 2.05) is 20.1 Å². The number of amides is 11. The van der Waals surface area contributed by atoms with E-state index in [1.165, 1.54) is 36.1 Å². The van der Waals surface area contributed by atoms with Gasteiger partial charge in [0.2, 0.25) is 65.0 Å². The minimum absolute atomic E-state index is 0. The zero-order chi connectivity index (χ0) is 81.1. The Morgan fingerprint density at radius 3 is 1.54 bits per heavy atom. The van der Waals surface area contributed by atoms with Crippen LogP contribution in [0.4, 0.5) is 0 Å². The van der Waals surface area contributed by atoms with Gasteiger partial charge in [-0.15, -0.1) is 0 Å². The number of H-pyrrole nitrogens is 2. The van der Waals surface area contributed by atoms with E-state index >= 15 is 0 Å². The van der Waals surface area contributed by atoms with Crippen molar-refractivity contribution in [3.8, 4) is 0 Å². The summed E-state index contributed by atoms with van der Waals surface area (Å²) >= 11 is 1.46. The minimum Gasteiger partial charge on any atom is -0.549 e. The summed E-state index contributed by atoms with van der Waals surface area (Å²) in [5.74, 6) is -12.2. The van der Waals surface area contributed by atoms with Gasteiger partial charge in [0.05, 0.1) is 90.2 Å². The Labute approximate surface area is 667 Å². The van der Waals surface area contributed by atoms with Crippen molar-refractivity contribution in [3.63, 3.8) is 0 Å². The first-order valence-corrected chi connectivity index (χ1v) is 37.8. The van der Waals surface area contributed by atoms with E-state index in [4.69, 9.17) is 30.4 Å². The van der Waals surface area contributed by atoms with Crippen molar-refractivity contribution in [1.82, 2.24) is 82.4 Å². The summed E-state index contributed by atoms with van der Waals surface area (Å²) in [5.41, 5.74) is 12.8. The number of hydrogen-bond acceptors (Lipinski definition) is 27. The molecule has 11 amide bonds. The molecule has 2 radical (unpaired) electrons. The fourth-order valence-electron chi connectivity index (χ4n) is 11.3. The molecule has 1 fully saturated rings. The Kier molecular flexibility index (Phi) is 46.5. The average molecular weight is 1780 g/mol. The maximum absolute atomic E-state index is 14.3. The molecular weight excluding hydrogens is 1670 g/mol. The summed E-state index contributed by atoms with van der Waals surface area (Å²) in [5, 5.41) is 58.7. The number of ether oxygens (including phenoxy) is 4. The van der Waals surface area contributed by atoms with Gasteiger partial charge < -0.3 is 118 Å². The molecule has 1 aliphatic rings. The van der Waals surface area contributed by atoms with Crippen LogP contribution in [-0.2, 0) is 98.9 Å². The van der Waals surface area contributed by atoms with Gasteiger partial charge in [-0.1, -0.05) is 45.9 Å². The zero-order valence-electron chi connectivity index (χ0n) is 63.8. The third-order valence-electron chi connectivity index (χ3n) is 17.2. The van der Waals surface area contributed by atoms with E-state index in [2.05, 4.69) is 62.8 Å². The predicted molar refractivity (Wildman–Crippen MR) is 399 cm³/mol. The molecule has 3 aromatic rings. The van der Waals surface area contributed by atoms with Crippen LogP contribution in [0.5, 0.6) is 0 Å². The molecule has 3 heterocycles. The fourth-order valence-corrected chi connectivity index (χ4v) is 11.8. The quantitative estimate of drug-likeness (QED) is 0.0184. The van der Waals surface area contributed by atoms with Gasteiger partial charge in [0.15, 0.2) is 0 Å². The van der Waals surface area contributed by atoms with Gasteiger partial charge in [-0.05, 0) is 61.7 Å². The predicted octanol–water partition coefficient (Wildman–Crippen LogP) is -8.92. The first-order chi connectivity index (χ1) is 52.4. The van der Waals surface area contributed by atoms with Crippen LogP contribution in [0, 0.1) is 11.8 Å². The molecule has 15 N–H and O–H groups in total. The number of aromatic amines is 2. The fraction of sp³-hybridized carbons (Fsp3) is 0.643. The van der Waals surface area contributed by atoms with Crippen LogP contribution in [0.1, 0.15) is 78.0 Å². The standard InChI is InChI=1S/C70H112N18O21S.Bi/c1-44(2)33-53(68(103)81-51(64(72)99)14-32-110-6)82-69(104)55(35-48-37-73-43-77-48)80-58(91)38-76-70(105)63(45(3)4)84-65(100)46(5)78-67(102)54(34-47-36-75-50-10-8-7-9-49(47)50)83-66(101)52(11-12-56(71)89)79-57(90)13-24-106-26-28-108-30-31-109-29-27-107-25-15-74-59(92)39-85-16-18-86(40-60(93)94)20-22-88(42-62(97)98)23-21-87(19-17-85)41-61(95)96;/h7-10,36-37,43-46,51-55,63,75H,11-35,38-42H2,1-6H3,(H2,71,89)(H2,72,99)(H,73,77)(H,74,92)(H,76,105)(H,78,102)(H,79,90)(H,80,91)(H,81,103)(H,82,104)(H,83,101)(H,84,100)(H,93,94)(H,95,96)(H,97,98);/q;+3/p-3/t46-,51-,52-,53-,54-,55-,63-;/m0./s1/i;1+4. The van der Waals surface area contributed by atoms with Crippen LogP contribution < -0.4 is 74.6 Å². The van der Waals surface area contributed by atoms with Gasteiger partial charge in [0.1, 0.15) is 42.3 Å². The Bertz CT molecular complexity index is 3420. The molecule has 7 atom stereocenters. The number of carbonyl (C=O) groups is 14. The molecule has 111 heavy (non-hydrogen) atoms. The Morgan fingerprint density at radius 1 is 0.523 bits per heavy atom. The van der Waals surface area contributed by atoms with E-state index in [0.717, 1.165) is 0 Å². The maximum atomic E-state index is 14.3. The first-order valence-electron chi connectivity index (χ1n) is 36.4. The number of aromatic nitrogens is 3. The number of hydrogen-bond donors (Lipinski definition) is 13. The van der Waals surface area contributed by atoms with Gasteiger partial charge in [0, 0.05) is 133 Å². The van der Waals surface area contributed by atoms with Gasteiger partial charge in [0.25, 0.3) is 0 Å². The SMILES string of the molecule is CSCC[C@H](NC(=O)[C@H](CC(C)C)NC(=O)[C@H](Cc1cnc[nH]1)NC(=O)CNC(=O)[C@@H](NC(=O)[C@H](C)NC(=O)[C@H](Cc1c[nH]c2ccccc12)NC(=O)[C@H](CCC(N)=O)NC(=O)CCOCCOCCOCCOCCNC(=O)CN1CCN(CC(=O)[O-])CCN(CC(=O)[O-])CCN(CC(=O)[O-])CC1)C(C)C)C(N)=O.[213Bi+3]. The summed E-state index contributed by atoms with van der Waals surface area (Å²) in [6.45, 7) is 8.99. The van der Waals surface area contributed by atoms with Gasteiger partial charge in [-0.2, -0.15) is 11.8 Å². The van der Waals surface area contributed by atoms with Crippen LogP contribution in [-0.4, -0.2) is 342 Å². The van der Waals surface area contributed by atoms with Crippen LogP contribution in [0.25, 0.3) is 10.9 Å². The molecule has 0 unspecified atom stereocenters. The van der Waals surface area contributed by atoms with Gasteiger partial charge >= 0.3 is 26.2 Å². The number of primary amides is 2. The molecule has 41 heteroatoms. The third kappa shape index (κ3) is 40.0. The molecule has 616 valence electrons. The minimum atomic E-state index is -1.41. The zero-order valence-corrected chi connectivity index (χ0v) is 68.1. The number of imidazole rings is 1. The van der Waals surface area contributed by atoms with Crippen molar-refractivity contribution in [2.75, 3.05) is 156 Å². The van der Waals surface area contributed by atoms with Crippen molar-refractivity contribution in [3.05, 3.63) is 54.2 Å². The summed E-state index contributed by atoms with van der Waals surface area (Å²) in [7, 11) is 0. The van der Waals surface area contributed by atoms with Crippen LogP contribution in [0.2, 0.25) is 0 Å². The number of para-hydroxylation sites is 1.